The molecular formula is C14H12ClN5O3S. The molecule has 10 heteroatoms. The number of carbonyl (C=O) groups is 2. The Bertz CT molecular complexity index is 907. The molecule has 124 valence electrons. The van der Waals surface area contributed by atoms with E-state index in [1.54, 1.807) is 12.1 Å². The summed E-state index contributed by atoms with van der Waals surface area (Å²) in [6.07, 6.45) is 1.96. The second kappa shape index (κ2) is 6.93. The van der Waals surface area contributed by atoms with Crippen LogP contribution >= 0.6 is 22.9 Å². The van der Waals surface area contributed by atoms with Gasteiger partial charge in [-0.2, -0.15) is 0 Å². The molecule has 0 atom stereocenters. The van der Waals surface area contributed by atoms with Gasteiger partial charge in [0, 0.05) is 17.9 Å². The van der Waals surface area contributed by atoms with Gasteiger partial charge in [-0.1, -0.05) is 11.6 Å². The maximum Gasteiger partial charge on any atom is 0.325 e. The van der Waals surface area contributed by atoms with Crippen molar-refractivity contribution in [3.05, 3.63) is 34.6 Å². The summed E-state index contributed by atoms with van der Waals surface area (Å²) >= 11 is 7.44. The van der Waals surface area contributed by atoms with Crippen LogP contribution in [0.2, 0.25) is 5.02 Å². The van der Waals surface area contributed by atoms with E-state index >= 15 is 0 Å². The van der Waals surface area contributed by atoms with Gasteiger partial charge in [-0.15, -0.1) is 16.4 Å². The molecule has 3 aromatic rings. The van der Waals surface area contributed by atoms with Crippen molar-refractivity contribution < 1.29 is 14.7 Å². The van der Waals surface area contributed by atoms with Crippen LogP contribution in [0.4, 0.5) is 5.95 Å². The van der Waals surface area contributed by atoms with Crippen LogP contribution in [0.25, 0.3) is 10.2 Å². The van der Waals surface area contributed by atoms with Crippen molar-refractivity contribution in [1.29, 1.82) is 0 Å². The first-order valence-corrected chi connectivity index (χ1v) is 8.15. The molecule has 0 saturated heterocycles. The van der Waals surface area contributed by atoms with Gasteiger partial charge in [0.2, 0.25) is 11.9 Å². The Labute approximate surface area is 145 Å². The number of carboxylic acid groups (broad SMARTS) is 1. The molecule has 24 heavy (non-hydrogen) atoms. The molecule has 0 aliphatic heterocycles. The minimum absolute atomic E-state index is 0.0809. The number of anilines is 1. The number of aryl methyl sites for hydroxylation is 1. The second-order valence-electron chi connectivity index (χ2n) is 4.93. The Morgan fingerprint density at radius 3 is 3.00 bits per heavy atom. The third-order valence-corrected chi connectivity index (χ3v) is 4.38. The molecule has 0 unspecified atom stereocenters. The van der Waals surface area contributed by atoms with E-state index in [1.165, 1.54) is 17.7 Å². The average Bonchev–Trinajstić information content (AvgIpc) is 3.10. The van der Waals surface area contributed by atoms with Crippen molar-refractivity contribution in [2.75, 3.05) is 5.32 Å². The van der Waals surface area contributed by atoms with Crippen molar-refractivity contribution in [2.45, 2.75) is 19.4 Å². The number of thiazole rings is 1. The van der Waals surface area contributed by atoms with Gasteiger partial charge in [0.1, 0.15) is 12.9 Å². The molecule has 1 aromatic carbocycles. The van der Waals surface area contributed by atoms with E-state index in [0.717, 1.165) is 19.9 Å². The van der Waals surface area contributed by atoms with Gasteiger partial charge in [-0.05, 0) is 18.2 Å². The lowest BCUT2D eigenvalue weighted by Gasteiger charge is -1.99. The number of carbonyl (C=O) groups excluding carboxylic acids is 1. The largest absolute Gasteiger partial charge is 0.480 e. The van der Waals surface area contributed by atoms with Crippen molar-refractivity contribution in [2.24, 2.45) is 0 Å². The summed E-state index contributed by atoms with van der Waals surface area (Å²) in [7, 11) is 0. The second-order valence-corrected chi connectivity index (χ2v) is 6.48. The first-order chi connectivity index (χ1) is 11.5. The molecular weight excluding hydrogens is 354 g/mol. The van der Waals surface area contributed by atoms with E-state index < -0.39 is 5.97 Å². The normalized spacial score (nSPS) is 10.9. The van der Waals surface area contributed by atoms with Gasteiger partial charge >= 0.3 is 5.97 Å². The Balaban J connectivity index is 1.56. The van der Waals surface area contributed by atoms with Crippen LogP contribution < -0.4 is 5.32 Å². The number of amides is 1. The lowest BCUT2D eigenvalue weighted by molar-refractivity contribution is -0.137. The summed E-state index contributed by atoms with van der Waals surface area (Å²) in [6.45, 7) is -0.308. The number of aliphatic carboxylic acids is 1. The summed E-state index contributed by atoms with van der Waals surface area (Å²) in [5.41, 5.74) is 0.817. The van der Waals surface area contributed by atoms with E-state index in [2.05, 4.69) is 20.4 Å². The molecule has 0 bridgehead atoms. The zero-order chi connectivity index (χ0) is 17.1. The van der Waals surface area contributed by atoms with Crippen LogP contribution in [0.1, 0.15) is 11.4 Å². The Morgan fingerprint density at radius 2 is 2.21 bits per heavy atom. The fourth-order valence-corrected chi connectivity index (χ4v) is 3.14. The van der Waals surface area contributed by atoms with Crippen molar-refractivity contribution >= 4 is 51.0 Å². The maximum absolute atomic E-state index is 11.9. The number of hydrogen-bond acceptors (Lipinski definition) is 6. The lowest BCUT2D eigenvalue weighted by atomic mass is 10.3. The van der Waals surface area contributed by atoms with Gasteiger partial charge in [0.05, 0.1) is 15.2 Å². The molecule has 0 saturated carbocycles. The molecule has 2 aromatic heterocycles. The zero-order valence-corrected chi connectivity index (χ0v) is 13.8. The van der Waals surface area contributed by atoms with Gasteiger partial charge < -0.3 is 5.11 Å². The van der Waals surface area contributed by atoms with Gasteiger partial charge in [0.25, 0.3) is 0 Å². The summed E-state index contributed by atoms with van der Waals surface area (Å²) in [6, 6.07) is 5.49. The number of nitrogens with zero attached hydrogens (tertiary/aromatic N) is 4. The molecule has 0 spiro atoms. The number of aromatic nitrogens is 4. The first kappa shape index (κ1) is 16.3. The predicted octanol–water partition coefficient (Wildman–Crippen LogP) is 2.20. The topological polar surface area (TPSA) is 110 Å². The SMILES string of the molecule is O=C(O)Cn1cnc(NC(=O)CCc2nc3cc(Cl)ccc3s2)n1. The van der Waals surface area contributed by atoms with E-state index in [4.69, 9.17) is 16.7 Å². The van der Waals surface area contributed by atoms with Gasteiger partial charge in [-0.3, -0.25) is 14.9 Å². The van der Waals surface area contributed by atoms with E-state index in [-0.39, 0.29) is 24.8 Å². The van der Waals surface area contributed by atoms with Gasteiger partial charge in [-0.25, -0.2) is 14.6 Å². The fourth-order valence-electron chi connectivity index (χ4n) is 2.03. The number of nitrogens with one attached hydrogen (secondary N) is 1. The smallest absolute Gasteiger partial charge is 0.325 e. The third-order valence-electron chi connectivity index (χ3n) is 3.04. The highest BCUT2D eigenvalue weighted by Crippen LogP contribution is 2.25. The highest BCUT2D eigenvalue weighted by Gasteiger charge is 2.10. The molecule has 0 fully saturated rings. The average molecular weight is 366 g/mol. The minimum atomic E-state index is -1.03. The van der Waals surface area contributed by atoms with Crippen molar-refractivity contribution in [1.82, 2.24) is 19.7 Å². The van der Waals surface area contributed by atoms with Gasteiger partial charge in [0.15, 0.2) is 0 Å². The Hall–Kier alpha value is -2.52. The highest BCUT2D eigenvalue weighted by molar-refractivity contribution is 7.18. The number of halogens is 1. The van der Waals surface area contributed by atoms with Crippen LogP contribution in [0.3, 0.4) is 0 Å². The van der Waals surface area contributed by atoms with Crippen LogP contribution in [0.5, 0.6) is 0 Å². The summed E-state index contributed by atoms with van der Waals surface area (Å²) in [4.78, 5) is 30.8. The Morgan fingerprint density at radius 1 is 1.38 bits per heavy atom. The van der Waals surface area contributed by atoms with Crippen LogP contribution in [0, 0.1) is 0 Å². The standard InChI is InChI=1S/C14H12ClN5O3S/c15-8-1-2-10-9(5-8)17-12(24-10)4-3-11(21)18-14-16-7-20(19-14)6-13(22)23/h1-2,5,7H,3-4,6H2,(H,22,23)(H,18,19,21). The molecule has 8 nitrogen and oxygen atoms in total. The van der Waals surface area contributed by atoms with Crippen LogP contribution in [0.15, 0.2) is 24.5 Å². The number of rotatable bonds is 6. The lowest BCUT2D eigenvalue weighted by Crippen LogP contribution is -2.14. The van der Waals surface area contributed by atoms with Crippen LogP contribution in [-0.4, -0.2) is 36.7 Å². The summed E-state index contributed by atoms with van der Waals surface area (Å²) in [5, 5.41) is 16.5. The fraction of sp³-hybridized carbons (Fsp3) is 0.214. The summed E-state index contributed by atoms with van der Waals surface area (Å²) in [5.74, 6) is -1.22. The van der Waals surface area contributed by atoms with Crippen molar-refractivity contribution in [3.8, 4) is 0 Å². The number of hydrogen-bond donors (Lipinski definition) is 2. The molecule has 0 aliphatic rings. The molecule has 2 N–H and O–H groups in total. The quantitative estimate of drug-likeness (QED) is 0.692. The third kappa shape index (κ3) is 4.06. The minimum Gasteiger partial charge on any atom is -0.480 e. The zero-order valence-electron chi connectivity index (χ0n) is 12.3. The molecule has 2 heterocycles. The van der Waals surface area contributed by atoms with E-state index in [1.807, 2.05) is 6.07 Å². The van der Waals surface area contributed by atoms with Crippen LogP contribution in [-0.2, 0) is 22.6 Å². The van der Waals surface area contributed by atoms with E-state index in [9.17, 15) is 9.59 Å². The first-order valence-electron chi connectivity index (χ1n) is 6.95. The van der Waals surface area contributed by atoms with E-state index in [0.29, 0.717) is 11.4 Å². The molecule has 1 amide bonds. The monoisotopic (exact) mass is 365 g/mol. The molecule has 0 aliphatic carbocycles. The number of fused-ring (bicyclic) bond motifs is 1. The highest BCUT2D eigenvalue weighted by atomic mass is 35.5. The number of carboxylic acids is 1. The predicted molar refractivity (Wildman–Crippen MR) is 89.2 cm³/mol. The molecule has 0 radical (unpaired) electrons. The molecule has 3 rings (SSSR count). The maximum atomic E-state index is 11.9. The number of benzene rings is 1. The summed E-state index contributed by atoms with van der Waals surface area (Å²) < 4.78 is 2.15. The van der Waals surface area contributed by atoms with Crippen molar-refractivity contribution in [3.63, 3.8) is 0 Å². The Kier molecular flexibility index (Phi) is 4.72.